The van der Waals surface area contributed by atoms with Crippen molar-refractivity contribution >= 4 is 23.8 Å². The first-order valence-corrected chi connectivity index (χ1v) is 6.36. The molecule has 8 nitrogen and oxygen atoms in total. The summed E-state index contributed by atoms with van der Waals surface area (Å²) in [5.74, 6) is -1.59. The number of aliphatic carboxylic acids is 1. The number of amides is 4. The van der Waals surface area contributed by atoms with E-state index in [2.05, 4.69) is 5.32 Å². The third-order valence-corrected chi connectivity index (χ3v) is 3.18. The van der Waals surface area contributed by atoms with Crippen LogP contribution in [0, 0.1) is 0 Å². The van der Waals surface area contributed by atoms with Crippen molar-refractivity contribution in [3.8, 4) is 0 Å². The Morgan fingerprint density at radius 2 is 2.10 bits per heavy atom. The third kappa shape index (κ3) is 4.22. The van der Waals surface area contributed by atoms with Crippen molar-refractivity contribution in [2.24, 2.45) is 0 Å². The highest BCUT2D eigenvalue weighted by Crippen LogP contribution is 2.11. The minimum Gasteiger partial charge on any atom is -0.481 e. The van der Waals surface area contributed by atoms with Crippen molar-refractivity contribution in [1.29, 1.82) is 0 Å². The van der Waals surface area contributed by atoms with Crippen LogP contribution in [-0.4, -0.2) is 65.4 Å². The number of urea groups is 1. The van der Waals surface area contributed by atoms with Crippen LogP contribution in [0.5, 0.6) is 0 Å². The van der Waals surface area contributed by atoms with Crippen LogP contribution in [0.2, 0.25) is 0 Å². The molecule has 20 heavy (non-hydrogen) atoms. The maximum atomic E-state index is 11.8. The molecule has 1 aliphatic rings. The highest BCUT2D eigenvalue weighted by Gasteiger charge is 2.33. The van der Waals surface area contributed by atoms with Crippen molar-refractivity contribution < 1.29 is 24.3 Å². The molecule has 0 aromatic heterocycles. The lowest BCUT2D eigenvalue weighted by molar-refractivity contribution is -0.147. The zero-order valence-corrected chi connectivity index (χ0v) is 11.6. The number of imide groups is 1. The quantitative estimate of drug-likeness (QED) is 0.671. The van der Waals surface area contributed by atoms with Crippen molar-refractivity contribution in [2.75, 3.05) is 20.6 Å². The fraction of sp³-hybridized carbons (Fsp3) is 0.667. The van der Waals surface area contributed by atoms with Crippen molar-refractivity contribution in [2.45, 2.75) is 31.7 Å². The van der Waals surface area contributed by atoms with Gasteiger partial charge in [-0.2, -0.15) is 0 Å². The minimum atomic E-state index is -0.915. The summed E-state index contributed by atoms with van der Waals surface area (Å²) in [6.07, 6.45) is 0.833. The number of carbonyl (C=O) groups excluding carboxylic acids is 3. The normalized spacial score (nSPS) is 18.9. The smallest absolute Gasteiger partial charge is 0.317 e. The third-order valence-electron chi connectivity index (χ3n) is 3.18. The van der Waals surface area contributed by atoms with E-state index in [1.54, 1.807) is 0 Å². The fourth-order valence-electron chi connectivity index (χ4n) is 1.88. The minimum absolute atomic E-state index is 0.0166. The molecule has 1 rings (SSSR count). The first-order chi connectivity index (χ1) is 9.32. The number of carbonyl (C=O) groups is 4. The van der Waals surface area contributed by atoms with Gasteiger partial charge in [-0.25, -0.2) is 4.79 Å². The monoisotopic (exact) mass is 285 g/mol. The molecule has 1 unspecified atom stereocenters. The lowest BCUT2D eigenvalue weighted by atomic mass is 10.1. The Kier molecular flexibility index (Phi) is 5.48. The first-order valence-electron chi connectivity index (χ1n) is 6.36. The molecule has 4 amide bonds. The molecule has 1 aliphatic heterocycles. The molecule has 0 aromatic carbocycles. The second-order valence-corrected chi connectivity index (χ2v) is 4.75. The summed E-state index contributed by atoms with van der Waals surface area (Å²) in [5, 5.41) is 11.1. The predicted molar refractivity (Wildman–Crippen MR) is 68.8 cm³/mol. The Labute approximate surface area is 116 Å². The van der Waals surface area contributed by atoms with Crippen molar-refractivity contribution in [1.82, 2.24) is 15.1 Å². The Hall–Kier alpha value is -2.12. The van der Waals surface area contributed by atoms with Crippen LogP contribution >= 0.6 is 0 Å². The van der Waals surface area contributed by atoms with Crippen LogP contribution in [-0.2, 0) is 14.4 Å². The predicted octanol–water partition coefficient (Wildman–Crippen LogP) is -0.360. The molecule has 0 bridgehead atoms. The van der Waals surface area contributed by atoms with E-state index in [1.165, 1.54) is 19.0 Å². The number of likely N-dealkylation sites (N-methyl/N-ethyl adjacent to an activating group) is 1. The van der Waals surface area contributed by atoms with Gasteiger partial charge >= 0.3 is 12.0 Å². The Morgan fingerprint density at radius 3 is 2.70 bits per heavy atom. The molecule has 0 aliphatic carbocycles. The van der Waals surface area contributed by atoms with Crippen LogP contribution in [0.25, 0.3) is 0 Å². The molecule has 1 atom stereocenters. The van der Waals surface area contributed by atoms with Gasteiger partial charge in [-0.15, -0.1) is 0 Å². The standard InChI is InChI=1S/C12H19N3O5/c1-14(7-3-4-10(17)18)12(20)13-8-5-6-9(16)15(2)11(8)19/h8H,3-7H2,1-2H3,(H,13,20)(H,17,18). The van der Waals surface area contributed by atoms with Crippen molar-refractivity contribution in [3.05, 3.63) is 0 Å². The average molecular weight is 285 g/mol. The van der Waals surface area contributed by atoms with Gasteiger partial charge in [0.2, 0.25) is 5.91 Å². The average Bonchev–Trinajstić information content (AvgIpc) is 2.38. The molecule has 1 heterocycles. The highest BCUT2D eigenvalue weighted by atomic mass is 16.4. The SMILES string of the molecule is CN(CCCC(=O)O)C(=O)NC1CCC(=O)N(C)C1=O. The van der Waals surface area contributed by atoms with Crippen LogP contribution in [0.4, 0.5) is 4.79 Å². The maximum absolute atomic E-state index is 11.8. The second-order valence-electron chi connectivity index (χ2n) is 4.75. The molecule has 8 heteroatoms. The zero-order valence-electron chi connectivity index (χ0n) is 11.6. The summed E-state index contributed by atoms with van der Waals surface area (Å²) in [7, 11) is 2.92. The molecular weight excluding hydrogens is 266 g/mol. The lowest BCUT2D eigenvalue weighted by Gasteiger charge is -2.29. The fourth-order valence-corrected chi connectivity index (χ4v) is 1.88. The summed E-state index contributed by atoms with van der Waals surface area (Å²) in [4.78, 5) is 47.6. The topological polar surface area (TPSA) is 107 Å². The van der Waals surface area contributed by atoms with Crippen LogP contribution in [0.1, 0.15) is 25.7 Å². The van der Waals surface area contributed by atoms with Crippen molar-refractivity contribution in [3.63, 3.8) is 0 Å². The summed E-state index contributed by atoms with van der Waals surface area (Å²) >= 11 is 0. The Bertz CT molecular complexity index is 423. The Balaban J connectivity index is 2.43. The van der Waals surface area contributed by atoms with E-state index >= 15 is 0 Å². The van der Waals surface area contributed by atoms with E-state index in [0.29, 0.717) is 6.42 Å². The summed E-state index contributed by atoms with van der Waals surface area (Å²) < 4.78 is 0. The molecule has 0 aromatic rings. The number of nitrogens with one attached hydrogen (secondary N) is 1. The zero-order chi connectivity index (χ0) is 15.3. The maximum Gasteiger partial charge on any atom is 0.317 e. The first kappa shape index (κ1) is 15.9. The number of carboxylic acid groups (broad SMARTS) is 1. The Morgan fingerprint density at radius 1 is 1.45 bits per heavy atom. The van der Waals surface area contributed by atoms with Gasteiger partial charge in [0.05, 0.1) is 0 Å². The van der Waals surface area contributed by atoms with Gasteiger partial charge in [-0.1, -0.05) is 0 Å². The number of nitrogens with zero attached hydrogens (tertiary/aromatic N) is 2. The second kappa shape index (κ2) is 6.88. The lowest BCUT2D eigenvalue weighted by Crippen LogP contribution is -2.55. The summed E-state index contributed by atoms with van der Waals surface area (Å²) in [6.45, 7) is 0.286. The van der Waals surface area contributed by atoms with Gasteiger partial charge in [0.1, 0.15) is 6.04 Å². The van der Waals surface area contributed by atoms with E-state index in [0.717, 1.165) is 4.90 Å². The van der Waals surface area contributed by atoms with Gasteiger partial charge in [-0.05, 0) is 12.8 Å². The molecule has 1 saturated heterocycles. The number of carboxylic acids is 1. The van der Waals surface area contributed by atoms with Crippen LogP contribution in [0.15, 0.2) is 0 Å². The van der Waals surface area contributed by atoms with E-state index in [-0.39, 0.29) is 31.7 Å². The molecular formula is C12H19N3O5. The number of piperidine rings is 1. The summed E-state index contributed by atoms with van der Waals surface area (Å²) in [5.41, 5.74) is 0. The number of hydrogen-bond donors (Lipinski definition) is 2. The van der Waals surface area contributed by atoms with Gasteiger partial charge in [-0.3, -0.25) is 19.3 Å². The van der Waals surface area contributed by atoms with Gasteiger partial charge in [0.25, 0.3) is 5.91 Å². The molecule has 2 N–H and O–H groups in total. The highest BCUT2D eigenvalue weighted by molar-refractivity contribution is 6.01. The van der Waals surface area contributed by atoms with Gasteiger partial charge in [0.15, 0.2) is 0 Å². The molecule has 1 fully saturated rings. The van der Waals surface area contributed by atoms with Gasteiger partial charge < -0.3 is 15.3 Å². The van der Waals surface area contributed by atoms with E-state index in [9.17, 15) is 19.2 Å². The number of hydrogen-bond acceptors (Lipinski definition) is 4. The molecule has 112 valence electrons. The van der Waals surface area contributed by atoms with Gasteiger partial charge in [0, 0.05) is 33.5 Å². The van der Waals surface area contributed by atoms with Crippen LogP contribution < -0.4 is 5.32 Å². The molecule has 0 radical (unpaired) electrons. The number of likely N-dealkylation sites (tertiary alicyclic amines) is 1. The number of rotatable bonds is 5. The van der Waals surface area contributed by atoms with Crippen LogP contribution in [0.3, 0.4) is 0 Å². The van der Waals surface area contributed by atoms with E-state index in [1.807, 2.05) is 0 Å². The summed E-state index contributed by atoms with van der Waals surface area (Å²) in [6, 6.07) is -1.15. The largest absolute Gasteiger partial charge is 0.481 e. The van der Waals surface area contributed by atoms with E-state index < -0.39 is 23.9 Å². The molecule has 0 spiro atoms. The molecule has 0 saturated carbocycles. The van der Waals surface area contributed by atoms with E-state index in [4.69, 9.17) is 5.11 Å².